The van der Waals surface area contributed by atoms with Crippen molar-refractivity contribution >= 4 is 5.69 Å². The molecule has 1 aliphatic rings. The van der Waals surface area contributed by atoms with Gasteiger partial charge in [0.1, 0.15) is 0 Å². The summed E-state index contributed by atoms with van der Waals surface area (Å²) < 4.78 is 36.7. The van der Waals surface area contributed by atoms with Gasteiger partial charge < -0.3 is 5.73 Å². The van der Waals surface area contributed by atoms with E-state index >= 15 is 0 Å². The van der Waals surface area contributed by atoms with Crippen molar-refractivity contribution in [3.63, 3.8) is 0 Å². The summed E-state index contributed by atoms with van der Waals surface area (Å²) >= 11 is 0. The van der Waals surface area contributed by atoms with Gasteiger partial charge in [-0.3, -0.25) is 0 Å². The van der Waals surface area contributed by atoms with Crippen LogP contribution in [0.1, 0.15) is 17.9 Å². The summed E-state index contributed by atoms with van der Waals surface area (Å²) in [6, 6.07) is 6.69. The van der Waals surface area contributed by atoms with Crippen LogP contribution in [0.3, 0.4) is 0 Å². The average molecular weight is 201 g/mol. The molecular formula is C10H10F3N. The van der Waals surface area contributed by atoms with Crippen LogP contribution in [0.15, 0.2) is 24.3 Å². The Morgan fingerprint density at radius 2 is 2.00 bits per heavy atom. The molecule has 0 aliphatic heterocycles. The molecule has 2 N–H and O–H groups in total. The topological polar surface area (TPSA) is 26.0 Å². The van der Waals surface area contributed by atoms with Gasteiger partial charge in [0, 0.05) is 5.69 Å². The highest BCUT2D eigenvalue weighted by molar-refractivity contribution is 5.43. The van der Waals surface area contributed by atoms with E-state index in [0.717, 1.165) is 0 Å². The maximum Gasteiger partial charge on any atom is 0.392 e. The molecule has 1 aromatic carbocycles. The second kappa shape index (κ2) is 2.90. The van der Waals surface area contributed by atoms with Crippen molar-refractivity contribution in [2.24, 2.45) is 5.92 Å². The van der Waals surface area contributed by atoms with Crippen LogP contribution in [0.5, 0.6) is 0 Å². The van der Waals surface area contributed by atoms with Gasteiger partial charge in [0.25, 0.3) is 0 Å². The molecule has 2 rings (SSSR count). The van der Waals surface area contributed by atoms with Crippen molar-refractivity contribution in [3.05, 3.63) is 29.8 Å². The van der Waals surface area contributed by atoms with Gasteiger partial charge in [-0.05, 0) is 30.0 Å². The molecule has 76 valence electrons. The second-order valence-electron chi connectivity index (χ2n) is 3.66. The minimum absolute atomic E-state index is 0.201. The zero-order valence-corrected chi connectivity index (χ0v) is 7.38. The SMILES string of the molecule is Nc1cccc([C@H]2C[C@@H]2C(F)(F)F)c1. The van der Waals surface area contributed by atoms with E-state index in [-0.39, 0.29) is 12.3 Å². The Kier molecular flexibility index (Phi) is 1.94. The van der Waals surface area contributed by atoms with Crippen LogP contribution < -0.4 is 5.73 Å². The lowest BCUT2D eigenvalue weighted by Crippen LogP contribution is -2.11. The first-order valence-electron chi connectivity index (χ1n) is 4.40. The predicted octanol–water partition coefficient (Wildman–Crippen LogP) is 2.93. The summed E-state index contributed by atoms with van der Waals surface area (Å²) in [7, 11) is 0. The zero-order chi connectivity index (χ0) is 10.3. The monoisotopic (exact) mass is 201 g/mol. The van der Waals surface area contributed by atoms with Gasteiger partial charge in [-0.1, -0.05) is 12.1 Å². The molecule has 1 nitrogen and oxygen atoms in total. The number of benzene rings is 1. The molecule has 1 aliphatic carbocycles. The Morgan fingerprint density at radius 3 is 2.50 bits per heavy atom. The van der Waals surface area contributed by atoms with Crippen LogP contribution >= 0.6 is 0 Å². The van der Waals surface area contributed by atoms with Crippen LogP contribution in [0.4, 0.5) is 18.9 Å². The van der Waals surface area contributed by atoms with E-state index in [1.165, 1.54) is 0 Å². The quantitative estimate of drug-likeness (QED) is 0.694. The third-order valence-electron chi connectivity index (χ3n) is 2.55. The first kappa shape index (κ1) is 9.37. The second-order valence-corrected chi connectivity index (χ2v) is 3.66. The van der Waals surface area contributed by atoms with Crippen molar-refractivity contribution < 1.29 is 13.2 Å². The number of halogens is 3. The standard InChI is InChI=1S/C10H10F3N/c11-10(12,13)9-5-8(9)6-2-1-3-7(14)4-6/h1-4,8-9H,5,14H2/t8-,9+/m1/s1. The van der Waals surface area contributed by atoms with Crippen LogP contribution in [0.25, 0.3) is 0 Å². The normalized spacial score (nSPS) is 26.2. The lowest BCUT2D eigenvalue weighted by atomic mass is 10.1. The predicted molar refractivity (Wildman–Crippen MR) is 47.8 cm³/mol. The maximum atomic E-state index is 12.2. The molecule has 0 unspecified atom stereocenters. The molecule has 0 aromatic heterocycles. The molecule has 2 atom stereocenters. The van der Waals surface area contributed by atoms with Gasteiger partial charge in [-0.15, -0.1) is 0 Å². The van der Waals surface area contributed by atoms with Gasteiger partial charge in [-0.25, -0.2) is 0 Å². The van der Waals surface area contributed by atoms with Crippen molar-refractivity contribution in [3.8, 4) is 0 Å². The number of nitrogens with two attached hydrogens (primary N) is 1. The molecule has 0 heterocycles. The van der Waals surface area contributed by atoms with E-state index in [4.69, 9.17) is 5.73 Å². The van der Waals surface area contributed by atoms with Crippen molar-refractivity contribution in [1.82, 2.24) is 0 Å². The zero-order valence-electron chi connectivity index (χ0n) is 7.38. The summed E-state index contributed by atoms with van der Waals surface area (Å²) in [6.45, 7) is 0. The fourth-order valence-corrected chi connectivity index (χ4v) is 1.71. The fraction of sp³-hybridized carbons (Fsp3) is 0.400. The summed E-state index contributed by atoms with van der Waals surface area (Å²) in [5.74, 6) is -1.54. The highest BCUT2D eigenvalue weighted by Gasteiger charge is 2.56. The van der Waals surface area contributed by atoms with Crippen LogP contribution in [0, 0.1) is 5.92 Å². The smallest absolute Gasteiger partial charge is 0.392 e. The fourth-order valence-electron chi connectivity index (χ4n) is 1.71. The van der Waals surface area contributed by atoms with Gasteiger partial charge >= 0.3 is 6.18 Å². The molecule has 1 fully saturated rings. The first-order chi connectivity index (χ1) is 6.48. The van der Waals surface area contributed by atoms with Crippen molar-refractivity contribution in [1.29, 1.82) is 0 Å². The molecular weight excluding hydrogens is 191 g/mol. The van der Waals surface area contributed by atoms with Crippen LogP contribution in [-0.2, 0) is 0 Å². The number of anilines is 1. The van der Waals surface area contributed by atoms with E-state index in [2.05, 4.69) is 0 Å². The Labute approximate surface area is 79.7 Å². The van der Waals surface area contributed by atoms with Gasteiger partial charge in [0.15, 0.2) is 0 Å². The van der Waals surface area contributed by atoms with Crippen molar-refractivity contribution in [2.75, 3.05) is 5.73 Å². The van der Waals surface area contributed by atoms with Gasteiger partial charge in [0.2, 0.25) is 0 Å². The van der Waals surface area contributed by atoms with Crippen molar-refractivity contribution in [2.45, 2.75) is 18.5 Å². The van der Waals surface area contributed by atoms with Gasteiger partial charge in [-0.2, -0.15) is 13.2 Å². The first-order valence-corrected chi connectivity index (χ1v) is 4.40. The lowest BCUT2D eigenvalue weighted by molar-refractivity contribution is -0.148. The Bertz CT molecular complexity index is 345. The van der Waals surface area contributed by atoms with E-state index in [0.29, 0.717) is 11.3 Å². The van der Waals surface area contributed by atoms with Crippen LogP contribution in [-0.4, -0.2) is 6.18 Å². The Balaban J connectivity index is 2.14. The minimum Gasteiger partial charge on any atom is -0.399 e. The van der Waals surface area contributed by atoms with Gasteiger partial charge in [0.05, 0.1) is 5.92 Å². The summed E-state index contributed by atoms with van der Waals surface area (Å²) in [5.41, 5.74) is 6.72. The molecule has 14 heavy (non-hydrogen) atoms. The molecule has 1 aromatic rings. The van der Waals surface area contributed by atoms with Crippen LogP contribution in [0.2, 0.25) is 0 Å². The summed E-state index contributed by atoms with van der Waals surface area (Å²) in [5, 5.41) is 0. The summed E-state index contributed by atoms with van der Waals surface area (Å²) in [4.78, 5) is 0. The Morgan fingerprint density at radius 1 is 1.29 bits per heavy atom. The molecule has 1 saturated carbocycles. The molecule has 0 bridgehead atoms. The number of rotatable bonds is 1. The third-order valence-corrected chi connectivity index (χ3v) is 2.55. The highest BCUT2D eigenvalue weighted by atomic mass is 19.4. The summed E-state index contributed by atoms with van der Waals surface area (Å²) in [6.07, 6.45) is -3.86. The number of hydrogen-bond donors (Lipinski definition) is 1. The molecule has 0 amide bonds. The van der Waals surface area contributed by atoms with E-state index in [1.54, 1.807) is 24.3 Å². The Hall–Kier alpha value is -1.19. The number of nitrogen functional groups attached to an aromatic ring is 1. The molecule has 0 spiro atoms. The van der Waals surface area contributed by atoms with E-state index in [1.807, 2.05) is 0 Å². The van der Waals surface area contributed by atoms with E-state index in [9.17, 15) is 13.2 Å². The minimum atomic E-state index is -4.06. The lowest BCUT2D eigenvalue weighted by Gasteiger charge is -2.05. The molecule has 0 radical (unpaired) electrons. The average Bonchev–Trinajstić information content (AvgIpc) is 2.81. The largest absolute Gasteiger partial charge is 0.399 e. The molecule has 0 saturated heterocycles. The highest BCUT2D eigenvalue weighted by Crippen LogP contribution is 2.56. The number of alkyl halides is 3. The third kappa shape index (κ3) is 1.69. The maximum absolute atomic E-state index is 12.2. The molecule has 4 heteroatoms. The van der Waals surface area contributed by atoms with E-state index < -0.39 is 12.1 Å². The number of hydrogen-bond acceptors (Lipinski definition) is 1.